The third-order valence-electron chi connectivity index (χ3n) is 5.45. The second-order valence-electron chi connectivity index (χ2n) is 9.50. The van der Waals surface area contributed by atoms with Crippen molar-refractivity contribution in [1.82, 2.24) is 10.2 Å². The van der Waals surface area contributed by atoms with Crippen LogP contribution >= 0.6 is 0 Å². The molecule has 0 aromatic carbocycles. The molecule has 2 rings (SSSR count). The van der Waals surface area contributed by atoms with Crippen molar-refractivity contribution in [2.75, 3.05) is 13.2 Å². The maximum Gasteiger partial charge on any atom is 0.411 e. The van der Waals surface area contributed by atoms with Gasteiger partial charge in [-0.1, -0.05) is 19.9 Å². The van der Waals surface area contributed by atoms with Gasteiger partial charge in [0, 0.05) is 23.4 Å². The van der Waals surface area contributed by atoms with Gasteiger partial charge in [-0.25, -0.2) is 9.59 Å². The topological polar surface area (TPSA) is 84.9 Å². The summed E-state index contributed by atoms with van der Waals surface area (Å²) in [7, 11) is 0. The molecular formula is C21H34N2O5. The summed E-state index contributed by atoms with van der Waals surface area (Å²) in [5.41, 5.74) is -1.50. The molecule has 0 aromatic rings. The van der Waals surface area contributed by atoms with Crippen LogP contribution in [0, 0.1) is 10.8 Å². The first-order chi connectivity index (χ1) is 12.9. The zero-order valence-corrected chi connectivity index (χ0v) is 18.0. The lowest BCUT2D eigenvalue weighted by Crippen LogP contribution is -2.46. The molecule has 1 N–H and O–H groups in total. The van der Waals surface area contributed by atoms with Crippen molar-refractivity contribution in [1.29, 1.82) is 0 Å². The van der Waals surface area contributed by atoms with E-state index < -0.39 is 29.1 Å². The Bertz CT molecular complexity index is 652. The smallest absolute Gasteiger partial charge is 0.411 e. The van der Waals surface area contributed by atoms with Crippen molar-refractivity contribution in [2.24, 2.45) is 10.8 Å². The fraction of sp³-hybridized carbons (Fsp3) is 0.762. The highest BCUT2D eigenvalue weighted by Gasteiger charge is 2.68. The first kappa shape index (κ1) is 22.2. The predicted octanol–water partition coefficient (Wildman–Crippen LogP) is 3.04. The Balaban J connectivity index is 2.11. The van der Waals surface area contributed by atoms with Gasteiger partial charge in [-0.15, -0.1) is 6.58 Å². The summed E-state index contributed by atoms with van der Waals surface area (Å²) in [5, 5.41) is 3.01. The summed E-state index contributed by atoms with van der Waals surface area (Å²) in [6, 6.07) is -0.800. The van der Waals surface area contributed by atoms with E-state index in [1.807, 2.05) is 13.8 Å². The number of piperidine rings is 1. The summed E-state index contributed by atoms with van der Waals surface area (Å²) in [6.45, 7) is 15.2. The van der Waals surface area contributed by atoms with Gasteiger partial charge in [0.25, 0.3) is 0 Å². The first-order valence-corrected chi connectivity index (χ1v) is 9.94. The Morgan fingerprint density at radius 1 is 1.21 bits per heavy atom. The van der Waals surface area contributed by atoms with Crippen molar-refractivity contribution in [2.45, 2.75) is 78.5 Å². The molecule has 7 nitrogen and oxygen atoms in total. The van der Waals surface area contributed by atoms with E-state index in [-0.39, 0.29) is 24.0 Å². The quantitative estimate of drug-likeness (QED) is 0.530. The van der Waals surface area contributed by atoms with Crippen molar-refractivity contribution in [3.63, 3.8) is 0 Å². The summed E-state index contributed by atoms with van der Waals surface area (Å²) >= 11 is 0. The molecule has 0 spiro atoms. The maximum atomic E-state index is 12.7. The van der Waals surface area contributed by atoms with Crippen molar-refractivity contribution < 1.29 is 23.9 Å². The van der Waals surface area contributed by atoms with Crippen LogP contribution in [0.25, 0.3) is 0 Å². The minimum absolute atomic E-state index is 0.0594. The molecule has 28 heavy (non-hydrogen) atoms. The molecule has 1 aliphatic carbocycles. The van der Waals surface area contributed by atoms with Gasteiger partial charge in [0.15, 0.2) is 0 Å². The third-order valence-corrected chi connectivity index (χ3v) is 5.45. The second kappa shape index (κ2) is 7.76. The number of nitrogens with zero attached hydrogens (tertiary/aromatic N) is 1. The molecule has 2 amide bonds. The number of hydrogen-bond acceptors (Lipinski definition) is 5. The van der Waals surface area contributed by atoms with E-state index in [1.54, 1.807) is 33.8 Å². The predicted molar refractivity (Wildman–Crippen MR) is 106 cm³/mol. The number of carbonyl (C=O) groups excluding carboxylic acids is 3. The average Bonchev–Trinajstić information content (AvgIpc) is 3.15. The number of ether oxygens (including phenoxy) is 2. The number of likely N-dealkylation sites (tertiary alicyclic amines) is 1. The molecule has 0 bridgehead atoms. The van der Waals surface area contributed by atoms with Gasteiger partial charge in [0.05, 0.1) is 6.61 Å². The van der Waals surface area contributed by atoms with E-state index in [9.17, 15) is 14.4 Å². The lowest BCUT2D eigenvalue weighted by atomic mass is 9.88. The minimum Gasteiger partial charge on any atom is -0.464 e. The number of hydrogen-bond donors (Lipinski definition) is 1. The molecule has 2 fully saturated rings. The van der Waals surface area contributed by atoms with E-state index in [1.165, 1.54) is 4.90 Å². The molecule has 158 valence electrons. The van der Waals surface area contributed by atoms with E-state index in [0.29, 0.717) is 19.4 Å². The first-order valence-electron chi connectivity index (χ1n) is 9.94. The van der Waals surface area contributed by atoms with E-state index in [4.69, 9.17) is 9.47 Å². The Morgan fingerprint density at radius 3 is 2.39 bits per heavy atom. The lowest BCUT2D eigenvalue weighted by Gasteiger charge is -2.29. The van der Waals surface area contributed by atoms with Crippen LogP contribution in [0.4, 0.5) is 4.79 Å². The van der Waals surface area contributed by atoms with E-state index in [0.717, 1.165) is 6.42 Å². The molecule has 7 heteroatoms. The number of allylic oxidation sites excluding steroid dienone is 1. The lowest BCUT2D eigenvalue weighted by molar-refractivity contribution is -0.149. The zero-order valence-electron chi connectivity index (χ0n) is 18.0. The van der Waals surface area contributed by atoms with E-state index in [2.05, 4.69) is 11.9 Å². The molecule has 0 aromatic heterocycles. The Labute approximate surface area is 167 Å². The van der Waals surface area contributed by atoms with Crippen LogP contribution in [-0.2, 0) is 19.1 Å². The highest BCUT2D eigenvalue weighted by molar-refractivity contribution is 5.84. The molecular weight excluding hydrogens is 360 g/mol. The summed E-state index contributed by atoms with van der Waals surface area (Å²) in [5.74, 6) is -0.478. The molecule has 3 atom stereocenters. The van der Waals surface area contributed by atoms with Crippen LogP contribution in [0.5, 0.6) is 0 Å². The Kier molecular flexibility index (Phi) is 6.16. The number of carbonyl (C=O) groups is 3. The van der Waals surface area contributed by atoms with Crippen LogP contribution in [-0.4, -0.2) is 53.7 Å². The average molecular weight is 395 g/mol. The van der Waals surface area contributed by atoms with Crippen LogP contribution in [0.15, 0.2) is 12.7 Å². The fourth-order valence-electron chi connectivity index (χ4n) is 3.86. The fourth-order valence-corrected chi connectivity index (χ4v) is 3.86. The number of esters is 1. The van der Waals surface area contributed by atoms with Crippen LogP contribution < -0.4 is 5.32 Å². The maximum absolute atomic E-state index is 12.7. The van der Waals surface area contributed by atoms with Gasteiger partial charge in [-0.3, -0.25) is 9.69 Å². The molecule has 1 heterocycles. The number of rotatable bonds is 7. The Hall–Kier alpha value is -2.05. The largest absolute Gasteiger partial charge is 0.464 e. The molecule has 0 unspecified atom stereocenters. The third kappa shape index (κ3) is 4.67. The Morgan fingerprint density at radius 2 is 1.86 bits per heavy atom. The molecule has 0 radical (unpaired) electrons. The van der Waals surface area contributed by atoms with Crippen molar-refractivity contribution >= 4 is 18.0 Å². The van der Waals surface area contributed by atoms with Crippen LogP contribution in [0.1, 0.15) is 60.8 Å². The monoisotopic (exact) mass is 394 g/mol. The normalized spacial score (nSPS) is 26.3. The van der Waals surface area contributed by atoms with E-state index >= 15 is 0 Å². The number of fused-ring (bicyclic) bond motifs is 1. The summed E-state index contributed by atoms with van der Waals surface area (Å²) in [6.07, 6.45) is 3.01. The SMILES string of the molecule is C=CCC(C)(C)C(=O)NC[C@]12C[C@@H](C(=O)OCC)N(C(=O)OC(C)(C)C)[C@@H]1C2. The minimum atomic E-state index is -0.674. The zero-order chi connectivity index (χ0) is 21.3. The standard InChI is InChI=1S/C21H34N2O5/c1-8-10-20(6,7)17(25)22-13-21-11-14(16(24)27-9-2)23(15(21)12-21)18(26)28-19(3,4)5/h8,14-15H,1,9-13H2,2-7H3,(H,22,25)/t14-,15+,21+/m0/s1. The van der Waals surface area contributed by atoms with Gasteiger partial charge in [0.1, 0.15) is 11.6 Å². The summed E-state index contributed by atoms with van der Waals surface area (Å²) in [4.78, 5) is 39.2. The second-order valence-corrected chi connectivity index (χ2v) is 9.50. The highest BCUT2D eigenvalue weighted by atomic mass is 16.6. The molecule has 1 saturated carbocycles. The number of nitrogens with one attached hydrogen (secondary N) is 1. The van der Waals surface area contributed by atoms with Gasteiger partial charge in [-0.05, 0) is 47.0 Å². The van der Waals surface area contributed by atoms with Crippen LogP contribution in [0.2, 0.25) is 0 Å². The van der Waals surface area contributed by atoms with Gasteiger partial charge in [0.2, 0.25) is 5.91 Å². The van der Waals surface area contributed by atoms with Gasteiger partial charge >= 0.3 is 12.1 Å². The molecule has 1 saturated heterocycles. The van der Waals surface area contributed by atoms with Gasteiger partial charge in [-0.2, -0.15) is 0 Å². The number of amides is 2. The van der Waals surface area contributed by atoms with Crippen molar-refractivity contribution in [3.05, 3.63) is 12.7 Å². The van der Waals surface area contributed by atoms with Crippen LogP contribution in [0.3, 0.4) is 0 Å². The molecule has 1 aliphatic heterocycles. The summed E-state index contributed by atoms with van der Waals surface area (Å²) < 4.78 is 10.7. The van der Waals surface area contributed by atoms with Gasteiger partial charge < -0.3 is 14.8 Å². The highest BCUT2D eigenvalue weighted by Crippen LogP contribution is 2.59. The van der Waals surface area contributed by atoms with Crippen molar-refractivity contribution in [3.8, 4) is 0 Å². The molecule has 2 aliphatic rings.